The van der Waals surface area contributed by atoms with E-state index in [-0.39, 0.29) is 18.8 Å². The first-order valence-electron chi connectivity index (χ1n) is 8.20. The summed E-state index contributed by atoms with van der Waals surface area (Å²) >= 11 is 0. The molecular formula is C19H19NO4. The third-order valence-corrected chi connectivity index (χ3v) is 4.33. The lowest BCUT2D eigenvalue weighted by molar-refractivity contribution is 0.0537. The Morgan fingerprint density at radius 2 is 1.92 bits per heavy atom. The van der Waals surface area contributed by atoms with Gasteiger partial charge in [-0.1, -0.05) is 18.2 Å². The van der Waals surface area contributed by atoms with Crippen LogP contribution < -0.4 is 14.2 Å². The Bertz CT molecular complexity index is 731. The van der Waals surface area contributed by atoms with Gasteiger partial charge in [-0.2, -0.15) is 0 Å². The van der Waals surface area contributed by atoms with Crippen molar-refractivity contribution in [2.75, 3.05) is 19.9 Å². The maximum absolute atomic E-state index is 12.8. The third kappa shape index (κ3) is 3.02. The average Bonchev–Trinajstić information content (AvgIpc) is 3.10. The fourth-order valence-electron chi connectivity index (χ4n) is 3.12. The predicted molar refractivity (Wildman–Crippen MR) is 88.6 cm³/mol. The molecule has 1 atom stereocenters. The molecule has 1 unspecified atom stereocenters. The molecule has 124 valence electrons. The van der Waals surface area contributed by atoms with Gasteiger partial charge < -0.3 is 19.1 Å². The number of amides is 1. The van der Waals surface area contributed by atoms with Crippen LogP contribution in [0.1, 0.15) is 23.2 Å². The van der Waals surface area contributed by atoms with E-state index in [1.807, 2.05) is 35.2 Å². The zero-order chi connectivity index (χ0) is 16.4. The minimum atomic E-state index is 0.00895. The molecule has 0 aliphatic carbocycles. The Morgan fingerprint density at radius 1 is 1.08 bits per heavy atom. The highest BCUT2D eigenvalue weighted by Gasteiger charge is 2.26. The minimum absolute atomic E-state index is 0.00895. The van der Waals surface area contributed by atoms with Crippen molar-refractivity contribution >= 4 is 5.91 Å². The van der Waals surface area contributed by atoms with Crippen LogP contribution in [-0.4, -0.2) is 36.8 Å². The Balaban J connectivity index is 1.44. The van der Waals surface area contributed by atoms with Crippen LogP contribution in [0.15, 0.2) is 48.5 Å². The molecule has 2 heterocycles. The van der Waals surface area contributed by atoms with Crippen molar-refractivity contribution in [3.63, 3.8) is 0 Å². The second kappa shape index (κ2) is 6.43. The van der Waals surface area contributed by atoms with E-state index >= 15 is 0 Å². The van der Waals surface area contributed by atoms with Gasteiger partial charge >= 0.3 is 0 Å². The summed E-state index contributed by atoms with van der Waals surface area (Å²) in [5.74, 6) is 2.18. The number of ether oxygens (including phenoxy) is 3. The first-order valence-corrected chi connectivity index (χ1v) is 8.20. The number of likely N-dealkylation sites (tertiary alicyclic amines) is 1. The summed E-state index contributed by atoms with van der Waals surface area (Å²) in [4.78, 5) is 14.6. The molecule has 2 aliphatic rings. The van der Waals surface area contributed by atoms with Crippen molar-refractivity contribution < 1.29 is 19.0 Å². The number of piperidine rings is 1. The monoisotopic (exact) mass is 325 g/mol. The van der Waals surface area contributed by atoms with Gasteiger partial charge in [0.15, 0.2) is 11.5 Å². The van der Waals surface area contributed by atoms with Crippen LogP contribution >= 0.6 is 0 Å². The standard InChI is InChI=1S/C19H19NO4/c21-19(14-8-9-17-18(11-14)23-13-22-17)20-10-4-7-16(12-20)24-15-5-2-1-3-6-15/h1-3,5-6,8-9,11,16H,4,7,10,12-13H2. The van der Waals surface area contributed by atoms with Gasteiger partial charge in [0.1, 0.15) is 11.9 Å². The van der Waals surface area contributed by atoms with E-state index in [9.17, 15) is 4.79 Å². The molecule has 2 aromatic rings. The van der Waals surface area contributed by atoms with Crippen molar-refractivity contribution in [2.24, 2.45) is 0 Å². The molecule has 1 saturated heterocycles. The molecule has 24 heavy (non-hydrogen) atoms. The highest BCUT2D eigenvalue weighted by molar-refractivity contribution is 5.95. The smallest absolute Gasteiger partial charge is 0.254 e. The fraction of sp³-hybridized carbons (Fsp3) is 0.316. The normalized spacial score (nSPS) is 19.2. The van der Waals surface area contributed by atoms with E-state index in [2.05, 4.69) is 0 Å². The van der Waals surface area contributed by atoms with Gasteiger partial charge in [0.05, 0.1) is 6.54 Å². The molecule has 4 rings (SSSR count). The molecule has 1 amide bonds. The highest BCUT2D eigenvalue weighted by Crippen LogP contribution is 2.33. The van der Waals surface area contributed by atoms with Gasteiger partial charge in [-0.05, 0) is 43.2 Å². The lowest BCUT2D eigenvalue weighted by atomic mass is 10.1. The third-order valence-electron chi connectivity index (χ3n) is 4.33. The van der Waals surface area contributed by atoms with Crippen LogP contribution in [0.25, 0.3) is 0 Å². The van der Waals surface area contributed by atoms with E-state index < -0.39 is 0 Å². The van der Waals surface area contributed by atoms with Gasteiger partial charge in [0.25, 0.3) is 5.91 Å². The van der Waals surface area contributed by atoms with Crippen LogP contribution in [-0.2, 0) is 0 Å². The lowest BCUT2D eigenvalue weighted by Crippen LogP contribution is -2.44. The topological polar surface area (TPSA) is 48.0 Å². The van der Waals surface area contributed by atoms with E-state index in [4.69, 9.17) is 14.2 Å². The van der Waals surface area contributed by atoms with Crippen molar-refractivity contribution in [3.05, 3.63) is 54.1 Å². The molecule has 0 aromatic heterocycles. The maximum atomic E-state index is 12.8. The summed E-state index contributed by atoms with van der Waals surface area (Å²) in [7, 11) is 0. The molecule has 5 nitrogen and oxygen atoms in total. The number of rotatable bonds is 3. The number of para-hydroxylation sites is 1. The lowest BCUT2D eigenvalue weighted by Gasteiger charge is -2.33. The SMILES string of the molecule is O=C(c1ccc2c(c1)OCO2)N1CCCC(Oc2ccccc2)C1. The molecule has 0 radical (unpaired) electrons. The molecule has 5 heteroatoms. The van der Waals surface area contributed by atoms with Crippen LogP contribution in [0.5, 0.6) is 17.2 Å². The molecule has 1 fully saturated rings. The fourth-order valence-corrected chi connectivity index (χ4v) is 3.12. The number of hydrogen-bond donors (Lipinski definition) is 0. The molecule has 0 bridgehead atoms. The number of carbonyl (C=O) groups excluding carboxylic acids is 1. The van der Waals surface area contributed by atoms with E-state index in [1.54, 1.807) is 18.2 Å². The first-order chi connectivity index (χ1) is 11.8. The van der Waals surface area contributed by atoms with Crippen LogP contribution in [0.3, 0.4) is 0 Å². The summed E-state index contributed by atoms with van der Waals surface area (Å²) in [6.07, 6.45) is 1.92. The van der Waals surface area contributed by atoms with Gasteiger partial charge in [-0.25, -0.2) is 0 Å². The van der Waals surface area contributed by atoms with Gasteiger partial charge in [-0.3, -0.25) is 4.79 Å². The zero-order valence-electron chi connectivity index (χ0n) is 13.3. The largest absolute Gasteiger partial charge is 0.489 e. The average molecular weight is 325 g/mol. The summed E-state index contributed by atoms with van der Waals surface area (Å²) in [5, 5.41) is 0. The number of benzene rings is 2. The van der Waals surface area contributed by atoms with Crippen LogP contribution in [0, 0.1) is 0 Å². The Morgan fingerprint density at radius 3 is 2.79 bits per heavy atom. The summed E-state index contributed by atoms with van der Waals surface area (Å²) < 4.78 is 16.7. The first kappa shape index (κ1) is 14.9. The van der Waals surface area contributed by atoms with Crippen molar-refractivity contribution in [1.82, 2.24) is 4.90 Å². The summed E-state index contributed by atoms with van der Waals surface area (Å²) in [6, 6.07) is 15.1. The molecule has 0 saturated carbocycles. The molecule has 0 N–H and O–H groups in total. The zero-order valence-corrected chi connectivity index (χ0v) is 13.3. The number of hydrogen-bond acceptors (Lipinski definition) is 4. The van der Waals surface area contributed by atoms with Crippen LogP contribution in [0.2, 0.25) is 0 Å². The highest BCUT2D eigenvalue weighted by atomic mass is 16.7. The molecule has 2 aliphatic heterocycles. The molecular weight excluding hydrogens is 306 g/mol. The predicted octanol–water partition coefficient (Wildman–Crippen LogP) is 3.10. The minimum Gasteiger partial charge on any atom is -0.489 e. The Kier molecular flexibility index (Phi) is 3.99. The number of nitrogens with zero attached hydrogens (tertiary/aromatic N) is 1. The second-order valence-electron chi connectivity index (χ2n) is 6.01. The summed E-state index contributed by atoms with van der Waals surface area (Å²) in [6.45, 7) is 1.56. The van der Waals surface area contributed by atoms with E-state index in [0.717, 1.165) is 25.1 Å². The van der Waals surface area contributed by atoms with Crippen LogP contribution in [0.4, 0.5) is 0 Å². The Labute approximate surface area is 140 Å². The van der Waals surface area contributed by atoms with Gasteiger partial charge in [-0.15, -0.1) is 0 Å². The summed E-state index contributed by atoms with van der Waals surface area (Å²) in [5.41, 5.74) is 0.625. The van der Waals surface area contributed by atoms with Crippen molar-refractivity contribution in [2.45, 2.75) is 18.9 Å². The number of fused-ring (bicyclic) bond motifs is 1. The Hall–Kier alpha value is -2.69. The molecule has 0 spiro atoms. The van der Waals surface area contributed by atoms with Gasteiger partial charge in [0, 0.05) is 12.1 Å². The van der Waals surface area contributed by atoms with Crippen molar-refractivity contribution in [1.29, 1.82) is 0 Å². The quantitative estimate of drug-likeness (QED) is 0.870. The second-order valence-corrected chi connectivity index (χ2v) is 6.01. The van der Waals surface area contributed by atoms with Gasteiger partial charge in [0.2, 0.25) is 6.79 Å². The maximum Gasteiger partial charge on any atom is 0.254 e. The number of carbonyl (C=O) groups is 1. The van der Waals surface area contributed by atoms with E-state index in [0.29, 0.717) is 23.6 Å². The van der Waals surface area contributed by atoms with Crippen molar-refractivity contribution in [3.8, 4) is 17.2 Å². The van der Waals surface area contributed by atoms with E-state index in [1.165, 1.54) is 0 Å². The molecule has 2 aromatic carbocycles.